The molecule has 0 radical (unpaired) electrons. The predicted molar refractivity (Wildman–Crippen MR) is 104 cm³/mol. The monoisotopic (exact) mass is 402 g/mol. The predicted octanol–water partition coefficient (Wildman–Crippen LogP) is 4.36. The van der Waals surface area contributed by atoms with E-state index in [1.807, 2.05) is 36.4 Å². The molecule has 1 aliphatic heterocycles. The zero-order chi connectivity index (χ0) is 17.6. The van der Waals surface area contributed by atoms with Crippen molar-refractivity contribution in [2.45, 2.75) is 25.2 Å². The van der Waals surface area contributed by atoms with Crippen LogP contribution in [0, 0.1) is 0 Å². The minimum atomic E-state index is 0.0544. The highest BCUT2D eigenvalue weighted by atomic mass is 79.9. The number of piperidine rings is 1. The van der Waals surface area contributed by atoms with Gasteiger partial charge in [-0.1, -0.05) is 34.1 Å². The number of carbonyl (C=O) groups excluding carboxylic acids is 1. The summed E-state index contributed by atoms with van der Waals surface area (Å²) in [5.41, 5.74) is 2.12. The summed E-state index contributed by atoms with van der Waals surface area (Å²) in [5.74, 6) is 0.920. The molecule has 1 fully saturated rings. The van der Waals surface area contributed by atoms with Crippen molar-refractivity contribution in [2.24, 2.45) is 0 Å². The number of hydrogen-bond acceptors (Lipinski definition) is 3. The molecular formula is C20H23BrN2O2. The van der Waals surface area contributed by atoms with Gasteiger partial charge in [-0.15, -0.1) is 0 Å². The van der Waals surface area contributed by atoms with E-state index in [0.29, 0.717) is 18.1 Å². The topological polar surface area (TPSA) is 52.6 Å². The Labute approximate surface area is 157 Å². The van der Waals surface area contributed by atoms with Crippen molar-refractivity contribution in [3.63, 3.8) is 0 Å². The van der Waals surface area contributed by atoms with Gasteiger partial charge in [-0.05, 0) is 67.7 Å². The van der Waals surface area contributed by atoms with Crippen LogP contribution in [0.15, 0.2) is 53.0 Å². The van der Waals surface area contributed by atoms with Gasteiger partial charge in [-0.2, -0.15) is 0 Å². The molecule has 5 heteroatoms. The van der Waals surface area contributed by atoms with Crippen molar-refractivity contribution < 1.29 is 9.90 Å². The number of nitrogens with one attached hydrogen (secondary N) is 1. The van der Waals surface area contributed by atoms with Crippen LogP contribution in [0.1, 0.15) is 30.7 Å². The van der Waals surface area contributed by atoms with Gasteiger partial charge in [0.1, 0.15) is 5.75 Å². The molecule has 0 unspecified atom stereocenters. The number of likely N-dealkylation sites (tertiary alicyclic amines) is 1. The van der Waals surface area contributed by atoms with Gasteiger partial charge in [0.2, 0.25) is 5.91 Å². The van der Waals surface area contributed by atoms with Crippen molar-refractivity contribution in [3.05, 3.63) is 58.6 Å². The molecule has 1 amide bonds. The number of carbonyl (C=O) groups is 1. The maximum Gasteiger partial charge on any atom is 0.225 e. The molecule has 0 aromatic heterocycles. The van der Waals surface area contributed by atoms with Gasteiger partial charge in [0.15, 0.2) is 0 Å². The molecule has 0 aliphatic carbocycles. The van der Waals surface area contributed by atoms with E-state index < -0.39 is 0 Å². The first-order chi connectivity index (χ1) is 12.1. The first-order valence-corrected chi connectivity index (χ1v) is 9.46. The zero-order valence-electron chi connectivity index (χ0n) is 14.1. The van der Waals surface area contributed by atoms with Crippen LogP contribution in [-0.2, 0) is 4.79 Å². The molecule has 3 rings (SSSR count). The molecule has 1 saturated heterocycles. The third kappa shape index (κ3) is 5.31. The summed E-state index contributed by atoms with van der Waals surface area (Å²) < 4.78 is 0.960. The number of anilines is 1. The summed E-state index contributed by atoms with van der Waals surface area (Å²) in [6.07, 6.45) is 2.70. The minimum Gasteiger partial charge on any atom is -0.508 e. The number of amides is 1. The number of hydrogen-bond donors (Lipinski definition) is 2. The Morgan fingerprint density at radius 3 is 2.56 bits per heavy atom. The Morgan fingerprint density at radius 1 is 1.16 bits per heavy atom. The average molecular weight is 403 g/mol. The molecule has 0 atom stereocenters. The number of phenols is 1. The molecular weight excluding hydrogens is 380 g/mol. The van der Waals surface area contributed by atoms with Gasteiger partial charge in [0.25, 0.3) is 0 Å². The van der Waals surface area contributed by atoms with Crippen molar-refractivity contribution in [2.75, 3.05) is 25.0 Å². The second-order valence-electron chi connectivity index (χ2n) is 6.52. The summed E-state index contributed by atoms with van der Waals surface area (Å²) in [5, 5.41) is 12.3. The van der Waals surface area contributed by atoms with Crippen LogP contribution in [0.2, 0.25) is 0 Å². The lowest BCUT2D eigenvalue weighted by molar-refractivity contribution is -0.116. The molecule has 2 aromatic rings. The normalized spacial score (nSPS) is 15.9. The molecule has 0 spiro atoms. The number of nitrogens with zero attached hydrogens (tertiary/aromatic N) is 1. The van der Waals surface area contributed by atoms with Crippen LogP contribution in [0.4, 0.5) is 5.69 Å². The third-order valence-corrected chi connectivity index (χ3v) is 5.21. The van der Waals surface area contributed by atoms with Crippen LogP contribution in [-0.4, -0.2) is 35.5 Å². The SMILES string of the molecule is O=C(CCN1CCC(c2ccc(O)cc2)CC1)Nc1cccc(Br)c1. The van der Waals surface area contributed by atoms with E-state index in [1.165, 1.54) is 5.56 Å². The molecule has 2 aromatic carbocycles. The van der Waals surface area contributed by atoms with E-state index in [4.69, 9.17) is 0 Å². The summed E-state index contributed by atoms with van der Waals surface area (Å²) in [4.78, 5) is 14.5. The van der Waals surface area contributed by atoms with Crippen LogP contribution < -0.4 is 5.32 Å². The molecule has 25 heavy (non-hydrogen) atoms. The summed E-state index contributed by atoms with van der Waals surface area (Å²) >= 11 is 3.41. The first-order valence-electron chi connectivity index (χ1n) is 8.67. The number of phenolic OH excluding ortho intramolecular Hbond substituents is 1. The molecule has 1 aliphatic rings. The molecule has 2 N–H and O–H groups in total. The standard InChI is InChI=1S/C20H23BrN2O2/c21-17-2-1-3-18(14-17)22-20(25)10-13-23-11-8-16(9-12-23)15-4-6-19(24)7-5-15/h1-7,14,16,24H,8-13H2,(H,22,25). The highest BCUT2D eigenvalue weighted by Gasteiger charge is 2.20. The molecule has 4 nitrogen and oxygen atoms in total. The fourth-order valence-electron chi connectivity index (χ4n) is 3.29. The van der Waals surface area contributed by atoms with Gasteiger partial charge >= 0.3 is 0 Å². The average Bonchev–Trinajstić information content (AvgIpc) is 2.61. The molecule has 0 saturated carbocycles. The molecule has 1 heterocycles. The van der Waals surface area contributed by atoms with Gasteiger partial charge in [-0.25, -0.2) is 0 Å². The van der Waals surface area contributed by atoms with Crippen LogP contribution in [0.3, 0.4) is 0 Å². The number of benzene rings is 2. The van der Waals surface area contributed by atoms with Gasteiger partial charge in [-0.3, -0.25) is 4.79 Å². The summed E-state index contributed by atoms with van der Waals surface area (Å²) in [6, 6.07) is 15.2. The van der Waals surface area contributed by atoms with Crippen molar-refractivity contribution in [1.29, 1.82) is 0 Å². The Kier molecular flexibility index (Phi) is 6.10. The minimum absolute atomic E-state index is 0.0544. The molecule has 132 valence electrons. The zero-order valence-corrected chi connectivity index (χ0v) is 15.7. The Balaban J connectivity index is 1.41. The van der Waals surface area contributed by atoms with E-state index in [-0.39, 0.29) is 5.91 Å². The number of rotatable bonds is 5. The molecule has 0 bridgehead atoms. The van der Waals surface area contributed by atoms with Crippen molar-refractivity contribution in [1.82, 2.24) is 4.90 Å². The highest BCUT2D eigenvalue weighted by molar-refractivity contribution is 9.10. The van der Waals surface area contributed by atoms with Gasteiger partial charge in [0, 0.05) is 23.1 Å². The van der Waals surface area contributed by atoms with E-state index in [0.717, 1.165) is 42.6 Å². The third-order valence-electron chi connectivity index (χ3n) is 4.72. The number of halogens is 1. The van der Waals surface area contributed by atoms with Crippen LogP contribution in [0.5, 0.6) is 5.75 Å². The van der Waals surface area contributed by atoms with E-state index in [1.54, 1.807) is 12.1 Å². The van der Waals surface area contributed by atoms with Crippen molar-refractivity contribution in [3.8, 4) is 5.75 Å². The summed E-state index contributed by atoms with van der Waals surface area (Å²) in [6.45, 7) is 2.81. The fraction of sp³-hybridized carbons (Fsp3) is 0.350. The lowest BCUT2D eigenvalue weighted by Gasteiger charge is -2.32. The maximum atomic E-state index is 12.1. The van der Waals surface area contributed by atoms with E-state index in [9.17, 15) is 9.90 Å². The Hall–Kier alpha value is -1.85. The smallest absolute Gasteiger partial charge is 0.225 e. The van der Waals surface area contributed by atoms with Crippen LogP contribution >= 0.6 is 15.9 Å². The van der Waals surface area contributed by atoms with Gasteiger partial charge in [0.05, 0.1) is 0 Å². The largest absolute Gasteiger partial charge is 0.508 e. The fourth-order valence-corrected chi connectivity index (χ4v) is 3.69. The van der Waals surface area contributed by atoms with Crippen LogP contribution in [0.25, 0.3) is 0 Å². The Morgan fingerprint density at radius 2 is 1.88 bits per heavy atom. The van der Waals surface area contributed by atoms with Gasteiger partial charge < -0.3 is 15.3 Å². The summed E-state index contributed by atoms with van der Waals surface area (Å²) in [7, 11) is 0. The maximum absolute atomic E-state index is 12.1. The first kappa shape index (κ1) is 18.0. The second kappa shape index (κ2) is 8.50. The Bertz CT molecular complexity index is 710. The van der Waals surface area contributed by atoms with E-state index >= 15 is 0 Å². The lowest BCUT2D eigenvalue weighted by atomic mass is 9.89. The second-order valence-corrected chi connectivity index (χ2v) is 7.43. The van der Waals surface area contributed by atoms with Crippen molar-refractivity contribution >= 4 is 27.5 Å². The van der Waals surface area contributed by atoms with E-state index in [2.05, 4.69) is 26.1 Å². The highest BCUT2D eigenvalue weighted by Crippen LogP contribution is 2.29. The lowest BCUT2D eigenvalue weighted by Crippen LogP contribution is -2.35. The number of aromatic hydroxyl groups is 1. The quantitative estimate of drug-likeness (QED) is 0.780.